The number of ether oxygens (including phenoxy) is 1. The molecule has 0 aliphatic carbocycles. The minimum atomic E-state index is -0.211. The summed E-state index contributed by atoms with van der Waals surface area (Å²) in [7, 11) is 0. The van der Waals surface area contributed by atoms with Gasteiger partial charge in [-0.1, -0.05) is 13.5 Å². The Morgan fingerprint density at radius 2 is 2.50 bits per heavy atom. The van der Waals surface area contributed by atoms with Gasteiger partial charge in [-0.05, 0) is 18.4 Å². The lowest BCUT2D eigenvalue weighted by Crippen LogP contribution is -2.22. The van der Waals surface area contributed by atoms with Crippen LogP contribution in [0, 0.1) is 5.92 Å². The van der Waals surface area contributed by atoms with Crippen LogP contribution in [0.4, 0.5) is 0 Å². The van der Waals surface area contributed by atoms with E-state index < -0.39 is 0 Å². The fraction of sp³-hybridized carbons (Fsp3) is 0.625. The van der Waals surface area contributed by atoms with Gasteiger partial charge in [0.15, 0.2) is 5.78 Å². The van der Waals surface area contributed by atoms with Crippen molar-refractivity contribution in [1.29, 1.82) is 0 Å². The summed E-state index contributed by atoms with van der Waals surface area (Å²) in [5.41, 5.74) is 0. The maximum Gasteiger partial charge on any atom is 0.184 e. The lowest BCUT2D eigenvalue weighted by molar-refractivity contribution is -0.124. The zero-order valence-corrected chi connectivity index (χ0v) is 6.17. The van der Waals surface area contributed by atoms with Crippen molar-refractivity contribution < 1.29 is 9.53 Å². The number of carbonyl (C=O) groups excluding carboxylic acids is 1. The predicted octanol–water partition coefficient (Wildman–Crippen LogP) is 1.17. The van der Waals surface area contributed by atoms with Crippen LogP contribution in [0.1, 0.15) is 13.3 Å². The van der Waals surface area contributed by atoms with Gasteiger partial charge in [0, 0.05) is 6.61 Å². The van der Waals surface area contributed by atoms with E-state index in [0.29, 0.717) is 12.5 Å². The van der Waals surface area contributed by atoms with Crippen LogP contribution < -0.4 is 0 Å². The van der Waals surface area contributed by atoms with Crippen molar-refractivity contribution in [1.82, 2.24) is 0 Å². The van der Waals surface area contributed by atoms with Crippen LogP contribution in [0.15, 0.2) is 12.7 Å². The molecule has 56 valence electrons. The van der Waals surface area contributed by atoms with Gasteiger partial charge in [-0.15, -0.1) is 0 Å². The lowest BCUT2D eigenvalue weighted by Gasteiger charge is -2.09. The third kappa shape index (κ3) is 1.27. The summed E-state index contributed by atoms with van der Waals surface area (Å²) in [4.78, 5) is 11.0. The van der Waals surface area contributed by atoms with Gasteiger partial charge >= 0.3 is 0 Å². The highest BCUT2D eigenvalue weighted by molar-refractivity contribution is 5.93. The predicted molar refractivity (Wildman–Crippen MR) is 38.7 cm³/mol. The second kappa shape index (κ2) is 2.97. The van der Waals surface area contributed by atoms with Crippen molar-refractivity contribution in [3.8, 4) is 0 Å². The fourth-order valence-corrected chi connectivity index (χ4v) is 1.18. The van der Waals surface area contributed by atoms with Crippen LogP contribution in [-0.4, -0.2) is 18.5 Å². The maximum absolute atomic E-state index is 11.0. The van der Waals surface area contributed by atoms with E-state index in [1.807, 2.05) is 6.92 Å². The highest BCUT2D eigenvalue weighted by atomic mass is 16.5. The van der Waals surface area contributed by atoms with Crippen LogP contribution in [0.3, 0.4) is 0 Å². The van der Waals surface area contributed by atoms with Crippen LogP contribution in [-0.2, 0) is 9.53 Å². The summed E-state index contributed by atoms with van der Waals surface area (Å²) in [6.07, 6.45) is 2.12. The first kappa shape index (κ1) is 7.48. The second-order valence-corrected chi connectivity index (χ2v) is 2.66. The first-order chi connectivity index (χ1) is 4.75. The first-order valence-electron chi connectivity index (χ1n) is 3.53. The number of ketones is 1. The number of hydrogen-bond acceptors (Lipinski definition) is 2. The topological polar surface area (TPSA) is 26.3 Å². The molecule has 1 rings (SSSR count). The van der Waals surface area contributed by atoms with Gasteiger partial charge in [0.05, 0.1) is 0 Å². The van der Waals surface area contributed by atoms with E-state index >= 15 is 0 Å². The van der Waals surface area contributed by atoms with E-state index in [1.165, 1.54) is 6.08 Å². The molecule has 1 aliphatic heterocycles. The fourth-order valence-electron chi connectivity index (χ4n) is 1.18. The summed E-state index contributed by atoms with van der Waals surface area (Å²) < 4.78 is 5.20. The van der Waals surface area contributed by atoms with Crippen molar-refractivity contribution in [3.63, 3.8) is 0 Å². The normalized spacial score (nSPS) is 32.1. The summed E-state index contributed by atoms with van der Waals surface area (Å²) >= 11 is 0. The van der Waals surface area contributed by atoms with Crippen molar-refractivity contribution in [2.45, 2.75) is 19.4 Å². The molecule has 0 saturated carbocycles. The van der Waals surface area contributed by atoms with Crippen molar-refractivity contribution in [3.05, 3.63) is 12.7 Å². The Kier molecular flexibility index (Phi) is 2.22. The van der Waals surface area contributed by atoms with Crippen molar-refractivity contribution >= 4 is 5.78 Å². The van der Waals surface area contributed by atoms with Gasteiger partial charge < -0.3 is 4.74 Å². The second-order valence-electron chi connectivity index (χ2n) is 2.66. The van der Waals surface area contributed by atoms with Crippen molar-refractivity contribution in [2.75, 3.05) is 6.61 Å². The summed E-state index contributed by atoms with van der Waals surface area (Å²) in [6.45, 7) is 6.15. The highest BCUT2D eigenvalue weighted by Gasteiger charge is 2.28. The third-order valence-electron chi connectivity index (χ3n) is 1.87. The molecule has 0 N–H and O–H groups in total. The van der Waals surface area contributed by atoms with E-state index in [2.05, 4.69) is 6.58 Å². The Labute approximate surface area is 60.9 Å². The Morgan fingerprint density at radius 1 is 1.80 bits per heavy atom. The molecule has 0 aromatic heterocycles. The summed E-state index contributed by atoms with van der Waals surface area (Å²) in [6, 6.07) is 0. The van der Waals surface area contributed by atoms with E-state index in [1.54, 1.807) is 0 Å². The van der Waals surface area contributed by atoms with Gasteiger partial charge in [0.1, 0.15) is 6.10 Å². The molecule has 0 unspecified atom stereocenters. The number of hydrogen-bond donors (Lipinski definition) is 0. The zero-order chi connectivity index (χ0) is 7.56. The maximum atomic E-state index is 11.0. The molecule has 1 saturated heterocycles. The molecule has 0 spiro atoms. The largest absolute Gasteiger partial charge is 0.370 e. The Hall–Kier alpha value is -0.630. The number of rotatable bonds is 2. The Balaban J connectivity index is 2.54. The molecule has 0 amide bonds. The molecule has 0 radical (unpaired) electrons. The molecule has 1 aliphatic rings. The van der Waals surface area contributed by atoms with Gasteiger partial charge in [-0.2, -0.15) is 0 Å². The molecular formula is C8H12O2. The number of carbonyl (C=O) groups is 1. The summed E-state index contributed by atoms with van der Waals surface area (Å²) in [5, 5.41) is 0. The SMILES string of the molecule is C=CC(=O)[C@@H]1OCC[C@H]1C. The summed E-state index contributed by atoms with van der Waals surface area (Å²) in [5.74, 6) is 0.385. The van der Waals surface area contributed by atoms with Gasteiger partial charge in [0.25, 0.3) is 0 Å². The molecule has 2 atom stereocenters. The van der Waals surface area contributed by atoms with Gasteiger partial charge in [-0.25, -0.2) is 0 Å². The molecule has 0 aromatic carbocycles. The molecule has 1 fully saturated rings. The molecule has 0 aromatic rings. The van der Waals surface area contributed by atoms with Gasteiger partial charge in [-0.3, -0.25) is 4.79 Å². The van der Waals surface area contributed by atoms with E-state index in [4.69, 9.17) is 4.74 Å². The zero-order valence-electron chi connectivity index (χ0n) is 6.17. The molecule has 0 bridgehead atoms. The molecule has 1 heterocycles. The average molecular weight is 140 g/mol. The Bertz CT molecular complexity index is 151. The van der Waals surface area contributed by atoms with Gasteiger partial charge in [0.2, 0.25) is 0 Å². The van der Waals surface area contributed by atoms with E-state index in [0.717, 1.165) is 6.42 Å². The van der Waals surface area contributed by atoms with Crippen LogP contribution in [0.5, 0.6) is 0 Å². The third-order valence-corrected chi connectivity index (χ3v) is 1.87. The molecule has 2 nitrogen and oxygen atoms in total. The smallest absolute Gasteiger partial charge is 0.184 e. The van der Waals surface area contributed by atoms with Crippen LogP contribution in [0.25, 0.3) is 0 Å². The standard InChI is InChI=1S/C8H12O2/c1-3-7(9)8-6(2)4-5-10-8/h3,6,8H,1,4-5H2,2H3/t6-,8-/m1/s1. The molecular weight excluding hydrogens is 128 g/mol. The van der Waals surface area contributed by atoms with E-state index in [9.17, 15) is 4.79 Å². The molecule has 10 heavy (non-hydrogen) atoms. The van der Waals surface area contributed by atoms with Crippen LogP contribution in [0.2, 0.25) is 0 Å². The van der Waals surface area contributed by atoms with E-state index in [-0.39, 0.29) is 11.9 Å². The van der Waals surface area contributed by atoms with Crippen molar-refractivity contribution in [2.24, 2.45) is 5.92 Å². The highest BCUT2D eigenvalue weighted by Crippen LogP contribution is 2.20. The van der Waals surface area contributed by atoms with Crippen LogP contribution >= 0.6 is 0 Å². The first-order valence-corrected chi connectivity index (χ1v) is 3.53. The monoisotopic (exact) mass is 140 g/mol. The average Bonchev–Trinajstić information content (AvgIpc) is 2.34. The quantitative estimate of drug-likeness (QED) is 0.538. The Morgan fingerprint density at radius 3 is 2.90 bits per heavy atom. The minimum absolute atomic E-state index is 0.0185. The molecule has 2 heteroatoms. The lowest BCUT2D eigenvalue weighted by atomic mass is 10.0. The minimum Gasteiger partial charge on any atom is -0.370 e.